The van der Waals surface area contributed by atoms with Crippen molar-refractivity contribution in [2.45, 2.75) is 13.0 Å². The molecule has 17 heavy (non-hydrogen) atoms. The van der Waals surface area contributed by atoms with Gasteiger partial charge in [-0.15, -0.1) is 0 Å². The van der Waals surface area contributed by atoms with Crippen molar-refractivity contribution in [1.29, 1.82) is 0 Å². The fourth-order valence-electron chi connectivity index (χ4n) is 1.64. The van der Waals surface area contributed by atoms with E-state index in [-0.39, 0.29) is 12.4 Å². The molecule has 0 radical (unpaired) electrons. The number of nitrogens with zero attached hydrogens (tertiary/aromatic N) is 1. The summed E-state index contributed by atoms with van der Waals surface area (Å²) in [5.41, 5.74) is 7.68. The van der Waals surface area contributed by atoms with Crippen molar-refractivity contribution in [3.8, 4) is 11.3 Å². The Labute approximate surface area is 98.3 Å². The van der Waals surface area contributed by atoms with Gasteiger partial charge in [0.2, 0.25) is 0 Å². The highest BCUT2D eigenvalue weighted by Gasteiger charge is 2.14. The number of aliphatic hydroxyl groups is 1. The van der Waals surface area contributed by atoms with E-state index in [1.54, 1.807) is 12.1 Å². The average molecular weight is 235 g/mol. The highest BCUT2D eigenvalue weighted by Crippen LogP contribution is 2.23. The minimum absolute atomic E-state index is 0.107. The summed E-state index contributed by atoms with van der Waals surface area (Å²) in [6, 6.07) is 6.05. The fraction of sp³-hybridized carbons (Fsp3) is 0.250. The summed E-state index contributed by atoms with van der Waals surface area (Å²) in [7, 11) is 0. The molecule has 1 unspecified atom stereocenters. The van der Waals surface area contributed by atoms with E-state index in [0.29, 0.717) is 11.5 Å². The molecule has 1 aromatic heterocycles. The highest BCUT2D eigenvalue weighted by molar-refractivity contribution is 5.61. The molecule has 1 heterocycles. The SMILES string of the molecule is Cc1[nH]c(C(O)CN)nc1-c1ccc(F)cc1. The quantitative estimate of drug-likeness (QED) is 0.755. The molecule has 5 heteroatoms. The number of aromatic amines is 1. The van der Waals surface area contributed by atoms with E-state index in [2.05, 4.69) is 9.97 Å². The van der Waals surface area contributed by atoms with E-state index < -0.39 is 6.10 Å². The Bertz CT molecular complexity index is 507. The smallest absolute Gasteiger partial charge is 0.137 e. The number of benzene rings is 1. The van der Waals surface area contributed by atoms with Crippen LogP contribution in [0.3, 0.4) is 0 Å². The van der Waals surface area contributed by atoms with Gasteiger partial charge in [-0.3, -0.25) is 0 Å². The number of aliphatic hydroxyl groups excluding tert-OH is 1. The highest BCUT2D eigenvalue weighted by atomic mass is 19.1. The number of imidazole rings is 1. The summed E-state index contributed by atoms with van der Waals surface area (Å²) < 4.78 is 12.8. The normalized spacial score (nSPS) is 12.7. The lowest BCUT2D eigenvalue weighted by Crippen LogP contribution is -2.12. The Morgan fingerprint density at radius 2 is 2.06 bits per heavy atom. The van der Waals surface area contributed by atoms with Crippen LogP contribution in [0.25, 0.3) is 11.3 Å². The van der Waals surface area contributed by atoms with Crippen molar-refractivity contribution < 1.29 is 9.50 Å². The van der Waals surface area contributed by atoms with Crippen LogP contribution in [-0.4, -0.2) is 21.6 Å². The van der Waals surface area contributed by atoms with Crippen molar-refractivity contribution in [2.24, 2.45) is 5.73 Å². The summed E-state index contributed by atoms with van der Waals surface area (Å²) in [4.78, 5) is 7.25. The Balaban J connectivity index is 2.39. The monoisotopic (exact) mass is 235 g/mol. The number of hydrogen-bond donors (Lipinski definition) is 3. The van der Waals surface area contributed by atoms with Gasteiger partial charge in [-0.1, -0.05) is 0 Å². The zero-order chi connectivity index (χ0) is 12.4. The molecule has 0 aliphatic heterocycles. The molecule has 4 N–H and O–H groups in total. The molecule has 0 saturated carbocycles. The van der Waals surface area contributed by atoms with Gasteiger partial charge in [0.05, 0.1) is 5.69 Å². The van der Waals surface area contributed by atoms with Gasteiger partial charge in [-0.2, -0.15) is 0 Å². The first-order valence-corrected chi connectivity index (χ1v) is 5.32. The lowest BCUT2D eigenvalue weighted by atomic mass is 10.1. The Hall–Kier alpha value is -1.72. The third-order valence-corrected chi connectivity index (χ3v) is 2.56. The zero-order valence-electron chi connectivity index (χ0n) is 9.44. The number of nitrogens with one attached hydrogen (secondary N) is 1. The van der Waals surface area contributed by atoms with Crippen LogP contribution in [0.1, 0.15) is 17.6 Å². The molecule has 1 atom stereocenters. The van der Waals surface area contributed by atoms with E-state index in [4.69, 9.17) is 5.73 Å². The second kappa shape index (κ2) is 4.65. The van der Waals surface area contributed by atoms with Crippen LogP contribution in [0.15, 0.2) is 24.3 Å². The van der Waals surface area contributed by atoms with Crippen LogP contribution < -0.4 is 5.73 Å². The minimum Gasteiger partial charge on any atom is -0.384 e. The maximum Gasteiger partial charge on any atom is 0.137 e. The molecule has 0 fully saturated rings. The number of H-pyrrole nitrogens is 1. The number of aromatic nitrogens is 2. The molecule has 0 aliphatic carbocycles. The molecule has 0 bridgehead atoms. The van der Waals surface area contributed by atoms with Gasteiger partial charge in [0, 0.05) is 17.8 Å². The first-order valence-electron chi connectivity index (χ1n) is 5.32. The number of nitrogens with two attached hydrogens (primary N) is 1. The number of hydrogen-bond acceptors (Lipinski definition) is 3. The molecule has 4 nitrogen and oxygen atoms in total. The lowest BCUT2D eigenvalue weighted by Gasteiger charge is -2.01. The summed E-state index contributed by atoms with van der Waals surface area (Å²) in [5, 5.41) is 9.58. The third kappa shape index (κ3) is 2.35. The van der Waals surface area contributed by atoms with Crippen LogP contribution in [0.2, 0.25) is 0 Å². The molecule has 2 aromatic rings. The van der Waals surface area contributed by atoms with Crippen LogP contribution in [-0.2, 0) is 0 Å². The van der Waals surface area contributed by atoms with Gasteiger partial charge in [0.15, 0.2) is 0 Å². The molecule has 0 amide bonds. The van der Waals surface area contributed by atoms with Crippen LogP contribution >= 0.6 is 0 Å². The van der Waals surface area contributed by atoms with Gasteiger partial charge in [0.25, 0.3) is 0 Å². The molecule has 1 aromatic carbocycles. The van der Waals surface area contributed by atoms with Gasteiger partial charge in [-0.05, 0) is 31.2 Å². The standard InChI is InChI=1S/C12H14FN3O/c1-7-11(8-2-4-9(13)5-3-8)16-12(15-7)10(17)6-14/h2-5,10,17H,6,14H2,1H3,(H,15,16). The molecule has 0 spiro atoms. The first-order chi connectivity index (χ1) is 8.11. The van der Waals surface area contributed by atoms with Crippen LogP contribution in [0.5, 0.6) is 0 Å². The molecule has 0 saturated heterocycles. The lowest BCUT2D eigenvalue weighted by molar-refractivity contribution is 0.177. The Morgan fingerprint density at radius 3 is 2.65 bits per heavy atom. The average Bonchev–Trinajstić information content (AvgIpc) is 2.71. The summed E-state index contributed by atoms with van der Waals surface area (Å²) in [5.74, 6) is 0.147. The summed E-state index contributed by atoms with van der Waals surface area (Å²) in [6.45, 7) is 1.95. The summed E-state index contributed by atoms with van der Waals surface area (Å²) in [6.07, 6.45) is -0.803. The topological polar surface area (TPSA) is 74.9 Å². The fourth-order valence-corrected chi connectivity index (χ4v) is 1.64. The van der Waals surface area contributed by atoms with E-state index in [0.717, 1.165) is 11.3 Å². The van der Waals surface area contributed by atoms with E-state index >= 15 is 0 Å². The van der Waals surface area contributed by atoms with Crippen molar-refractivity contribution in [2.75, 3.05) is 6.54 Å². The van der Waals surface area contributed by atoms with Gasteiger partial charge < -0.3 is 15.8 Å². The van der Waals surface area contributed by atoms with Gasteiger partial charge in [-0.25, -0.2) is 9.37 Å². The van der Waals surface area contributed by atoms with Crippen LogP contribution in [0, 0.1) is 12.7 Å². The largest absolute Gasteiger partial charge is 0.384 e. The predicted octanol–water partition coefficient (Wildman–Crippen LogP) is 1.52. The first kappa shape index (κ1) is 11.8. The Morgan fingerprint density at radius 1 is 1.41 bits per heavy atom. The maximum absolute atomic E-state index is 12.8. The molecular formula is C12H14FN3O. The van der Waals surface area contributed by atoms with E-state index in [9.17, 15) is 9.50 Å². The van der Waals surface area contributed by atoms with Crippen molar-refractivity contribution in [1.82, 2.24) is 9.97 Å². The van der Waals surface area contributed by atoms with Crippen molar-refractivity contribution >= 4 is 0 Å². The molecule has 2 rings (SSSR count). The van der Waals surface area contributed by atoms with Crippen LogP contribution in [0.4, 0.5) is 4.39 Å². The summed E-state index contributed by atoms with van der Waals surface area (Å²) >= 11 is 0. The van der Waals surface area contributed by atoms with Gasteiger partial charge >= 0.3 is 0 Å². The molecule has 90 valence electrons. The zero-order valence-corrected chi connectivity index (χ0v) is 9.44. The number of halogens is 1. The van der Waals surface area contributed by atoms with Crippen molar-refractivity contribution in [3.05, 3.63) is 41.6 Å². The number of rotatable bonds is 3. The van der Waals surface area contributed by atoms with Crippen molar-refractivity contribution in [3.63, 3.8) is 0 Å². The Kier molecular flexibility index (Phi) is 3.21. The predicted molar refractivity (Wildman–Crippen MR) is 62.7 cm³/mol. The maximum atomic E-state index is 12.8. The van der Waals surface area contributed by atoms with E-state index in [1.807, 2.05) is 6.92 Å². The molecular weight excluding hydrogens is 221 g/mol. The second-order valence-corrected chi connectivity index (χ2v) is 3.85. The minimum atomic E-state index is -0.803. The number of aryl methyl sites for hydroxylation is 1. The second-order valence-electron chi connectivity index (χ2n) is 3.85. The molecule has 0 aliphatic rings. The third-order valence-electron chi connectivity index (χ3n) is 2.56. The van der Waals surface area contributed by atoms with Gasteiger partial charge in [0.1, 0.15) is 17.7 Å². The van der Waals surface area contributed by atoms with E-state index in [1.165, 1.54) is 12.1 Å².